The van der Waals surface area contributed by atoms with Crippen molar-refractivity contribution in [2.24, 2.45) is 0 Å². The molecule has 0 unspecified atom stereocenters. The highest BCUT2D eigenvalue weighted by Gasteiger charge is 2.15. The van der Waals surface area contributed by atoms with Crippen LogP contribution in [0, 0.1) is 0 Å². The molecule has 5 rings (SSSR count). The zero-order valence-electron chi connectivity index (χ0n) is 14.8. The Morgan fingerprint density at radius 2 is 2.04 bits per heavy atom. The summed E-state index contributed by atoms with van der Waals surface area (Å²) in [6.45, 7) is 3.77. The summed E-state index contributed by atoms with van der Waals surface area (Å²) >= 11 is 0. The summed E-state index contributed by atoms with van der Waals surface area (Å²) in [5.41, 5.74) is 1.77. The first-order valence-electron chi connectivity index (χ1n) is 9.13. The van der Waals surface area contributed by atoms with Gasteiger partial charge in [-0.1, -0.05) is 6.07 Å². The zero-order chi connectivity index (χ0) is 18.2. The van der Waals surface area contributed by atoms with Gasteiger partial charge in [-0.15, -0.1) is 0 Å². The van der Waals surface area contributed by atoms with Gasteiger partial charge in [0.2, 0.25) is 5.71 Å². The molecule has 4 aromatic rings. The van der Waals surface area contributed by atoms with Crippen LogP contribution in [0.2, 0.25) is 0 Å². The predicted octanol–water partition coefficient (Wildman–Crippen LogP) is 2.30. The van der Waals surface area contributed by atoms with Gasteiger partial charge in [-0.25, -0.2) is 9.78 Å². The molecule has 0 radical (unpaired) electrons. The third-order valence-corrected chi connectivity index (χ3v) is 4.89. The Morgan fingerprint density at radius 1 is 1.07 bits per heavy atom. The fraction of sp³-hybridized carbons (Fsp3) is 0.250. The van der Waals surface area contributed by atoms with Crippen LogP contribution in [0.3, 0.4) is 0 Å². The molecule has 1 saturated heterocycles. The molecule has 0 amide bonds. The molecule has 5 heterocycles. The molecule has 1 N–H and O–H groups in total. The minimum Gasteiger partial charge on any atom is -0.403 e. The summed E-state index contributed by atoms with van der Waals surface area (Å²) in [4.78, 5) is 23.9. The molecule has 0 bridgehead atoms. The molecule has 0 atom stereocenters. The molecule has 0 spiro atoms. The highest BCUT2D eigenvalue weighted by Crippen LogP contribution is 2.23. The van der Waals surface area contributed by atoms with Crippen molar-refractivity contribution in [3.63, 3.8) is 0 Å². The van der Waals surface area contributed by atoms with Crippen molar-refractivity contribution in [3.8, 4) is 11.3 Å². The quantitative estimate of drug-likeness (QED) is 0.590. The summed E-state index contributed by atoms with van der Waals surface area (Å²) < 4.78 is 7.43. The third-order valence-electron chi connectivity index (χ3n) is 4.89. The number of nitrogens with zero attached hydrogens (tertiary/aromatic N) is 4. The minimum absolute atomic E-state index is 0.363. The number of pyridine rings is 2. The molecule has 4 aromatic heterocycles. The molecule has 7 heteroatoms. The molecular formula is C20H19N5O2. The Labute approximate surface area is 155 Å². The van der Waals surface area contributed by atoms with E-state index < -0.39 is 5.63 Å². The molecule has 136 valence electrons. The average molecular weight is 361 g/mol. The first-order chi connectivity index (χ1) is 13.3. The molecule has 0 aromatic carbocycles. The molecule has 0 saturated carbocycles. The van der Waals surface area contributed by atoms with E-state index in [-0.39, 0.29) is 0 Å². The molecule has 1 aliphatic rings. The van der Waals surface area contributed by atoms with Crippen LogP contribution < -0.4 is 15.8 Å². The average Bonchev–Trinajstić information content (AvgIpc) is 2.92. The van der Waals surface area contributed by atoms with Gasteiger partial charge in [0.25, 0.3) is 0 Å². The van der Waals surface area contributed by atoms with Gasteiger partial charge in [-0.2, -0.15) is 4.98 Å². The second-order valence-electron chi connectivity index (χ2n) is 6.69. The van der Waals surface area contributed by atoms with E-state index in [0.717, 1.165) is 49.5 Å². The van der Waals surface area contributed by atoms with Gasteiger partial charge in [0.05, 0.1) is 11.3 Å². The fourth-order valence-corrected chi connectivity index (χ4v) is 3.48. The van der Waals surface area contributed by atoms with Crippen LogP contribution in [-0.2, 0) is 0 Å². The van der Waals surface area contributed by atoms with Crippen molar-refractivity contribution in [3.05, 3.63) is 59.2 Å². The molecule has 7 nitrogen and oxygen atoms in total. The standard InChI is InChI=1S/C20H19N5O2/c26-20-15(16-13-25-9-2-1-4-17(25)22-16)12-14-5-6-18(23-19(14)27-20)24-10-3-7-21-8-11-24/h1-2,4-6,9,12-13,21H,3,7-8,10-11H2. The van der Waals surface area contributed by atoms with E-state index in [1.165, 1.54) is 0 Å². The number of nitrogens with one attached hydrogen (secondary N) is 1. The lowest BCUT2D eigenvalue weighted by Gasteiger charge is -2.20. The Morgan fingerprint density at radius 3 is 2.96 bits per heavy atom. The summed E-state index contributed by atoms with van der Waals surface area (Å²) in [7, 11) is 0. The van der Waals surface area contributed by atoms with Crippen LogP contribution in [0.1, 0.15) is 6.42 Å². The van der Waals surface area contributed by atoms with E-state index in [2.05, 4.69) is 20.2 Å². The van der Waals surface area contributed by atoms with Crippen LogP contribution >= 0.6 is 0 Å². The molecule has 1 aliphatic heterocycles. The number of imidazole rings is 1. The van der Waals surface area contributed by atoms with E-state index in [4.69, 9.17) is 4.42 Å². The zero-order valence-corrected chi connectivity index (χ0v) is 14.8. The van der Waals surface area contributed by atoms with Crippen LogP contribution in [-0.4, -0.2) is 40.5 Å². The number of anilines is 1. The van der Waals surface area contributed by atoms with Gasteiger partial charge in [0, 0.05) is 37.4 Å². The third kappa shape index (κ3) is 2.96. The minimum atomic E-state index is -0.423. The van der Waals surface area contributed by atoms with Gasteiger partial charge in [-0.05, 0) is 43.3 Å². The monoisotopic (exact) mass is 361 g/mol. The Kier molecular flexibility index (Phi) is 3.86. The van der Waals surface area contributed by atoms with E-state index >= 15 is 0 Å². The highest BCUT2D eigenvalue weighted by atomic mass is 16.4. The molecule has 27 heavy (non-hydrogen) atoms. The normalized spacial score (nSPS) is 15.3. The largest absolute Gasteiger partial charge is 0.403 e. The number of hydrogen-bond acceptors (Lipinski definition) is 6. The lowest BCUT2D eigenvalue weighted by atomic mass is 10.2. The molecular weight excluding hydrogens is 342 g/mol. The SMILES string of the molecule is O=c1oc2nc(N3CCCNCC3)ccc2cc1-c1cn2ccccc2n1. The summed E-state index contributed by atoms with van der Waals surface area (Å²) in [6.07, 6.45) is 4.80. The summed E-state index contributed by atoms with van der Waals surface area (Å²) in [5.74, 6) is 0.842. The van der Waals surface area contributed by atoms with Crippen molar-refractivity contribution in [1.29, 1.82) is 0 Å². The van der Waals surface area contributed by atoms with E-state index in [1.807, 2.05) is 53.2 Å². The van der Waals surface area contributed by atoms with E-state index in [0.29, 0.717) is 17.0 Å². The van der Waals surface area contributed by atoms with Crippen molar-refractivity contribution in [2.75, 3.05) is 31.1 Å². The first kappa shape index (κ1) is 16.0. The van der Waals surface area contributed by atoms with Crippen molar-refractivity contribution < 1.29 is 4.42 Å². The number of aromatic nitrogens is 3. The van der Waals surface area contributed by atoms with Crippen LogP contribution in [0.15, 0.2) is 58.0 Å². The van der Waals surface area contributed by atoms with Crippen LogP contribution in [0.25, 0.3) is 28.0 Å². The van der Waals surface area contributed by atoms with Crippen molar-refractivity contribution in [2.45, 2.75) is 6.42 Å². The molecule has 0 aliphatic carbocycles. The summed E-state index contributed by atoms with van der Waals surface area (Å²) in [6, 6.07) is 11.5. The van der Waals surface area contributed by atoms with Gasteiger partial charge in [0.15, 0.2) is 0 Å². The Hall–Kier alpha value is -3.19. The second-order valence-corrected chi connectivity index (χ2v) is 6.69. The van der Waals surface area contributed by atoms with Gasteiger partial charge < -0.3 is 19.0 Å². The second kappa shape index (κ2) is 6.51. The van der Waals surface area contributed by atoms with Crippen molar-refractivity contribution in [1.82, 2.24) is 19.7 Å². The topological polar surface area (TPSA) is 75.7 Å². The first-order valence-corrected chi connectivity index (χ1v) is 9.13. The number of fused-ring (bicyclic) bond motifs is 2. The van der Waals surface area contributed by atoms with Crippen LogP contribution in [0.5, 0.6) is 0 Å². The predicted molar refractivity (Wildman–Crippen MR) is 104 cm³/mol. The smallest absolute Gasteiger partial charge is 0.347 e. The number of rotatable bonds is 2. The Balaban J connectivity index is 1.56. The van der Waals surface area contributed by atoms with E-state index in [9.17, 15) is 4.79 Å². The van der Waals surface area contributed by atoms with Crippen molar-refractivity contribution >= 4 is 22.6 Å². The fourth-order valence-electron chi connectivity index (χ4n) is 3.48. The Bertz CT molecular complexity index is 1140. The van der Waals surface area contributed by atoms with E-state index in [1.54, 1.807) is 0 Å². The lowest BCUT2D eigenvalue weighted by Crippen LogP contribution is -2.28. The maximum Gasteiger partial charge on any atom is 0.347 e. The van der Waals surface area contributed by atoms with Crippen LogP contribution in [0.4, 0.5) is 5.82 Å². The highest BCUT2D eigenvalue weighted by molar-refractivity contribution is 5.80. The van der Waals surface area contributed by atoms with Gasteiger partial charge in [0.1, 0.15) is 11.5 Å². The maximum absolute atomic E-state index is 12.6. The maximum atomic E-state index is 12.6. The number of hydrogen-bond donors (Lipinski definition) is 1. The lowest BCUT2D eigenvalue weighted by molar-refractivity contribution is 0.551. The van der Waals surface area contributed by atoms with Gasteiger partial charge >= 0.3 is 5.63 Å². The summed E-state index contributed by atoms with van der Waals surface area (Å²) in [5, 5.41) is 4.17. The molecule has 1 fully saturated rings. The van der Waals surface area contributed by atoms with Gasteiger partial charge in [-0.3, -0.25) is 0 Å².